The molecule has 0 atom stereocenters. The summed E-state index contributed by atoms with van der Waals surface area (Å²) >= 11 is 0. The van der Waals surface area contributed by atoms with E-state index in [0.29, 0.717) is 0 Å². The molecule has 0 aliphatic carbocycles. The van der Waals surface area contributed by atoms with Crippen molar-refractivity contribution in [3.63, 3.8) is 0 Å². The summed E-state index contributed by atoms with van der Waals surface area (Å²) in [6, 6.07) is 0. The summed E-state index contributed by atoms with van der Waals surface area (Å²) in [7, 11) is 0. The Morgan fingerprint density at radius 1 is 1.00 bits per heavy atom. The van der Waals surface area contributed by atoms with Gasteiger partial charge in [0.15, 0.2) is 0 Å². The minimum absolute atomic E-state index is 0. The molecule has 14 valence electrons. The third kappa shape index (κ3) is 21.1. The zero-order valence-corrected chi connectivity index (χ0v) is 8.01. The Hall–Kier alpha value is 2.49. The molecule has 0 saturated heterocycles. The van der Waals surface area contributed by atoms with Crippen molar-refractivity contribution in [3.8, 4) is 0 Å². The summed E-state index contributed by atoms with van der Waals surface area (Å²) in [5.74, 6) is 0. The van der Waals surface area contributed by atoms with Crippen molar-refractivity contribution in [1.29, 1.82) is 0 Å². The van der Waals surface area contributed by atoms with E-state index in [2.05, 4.69) is 0 Å². The van der Waals surface area contributed by atoms with E-state index in [0.717, 1.165) is 0 Å². The van der Waals surface area contributed by atoms with Crippen molar-refractivity contribution in [2.45, 2.75) is 0 Å². The van der Waals surface area contributed by atoms with Crippen LogP contribution in [0.25, 0.3) is 0 Å². The van der Waals surface area contributed by atoms with Gasteiger partial charge in [-0.2, -0.15) is 0 Å². The summed E-state index contributed by atoms with van der Waals surface area (Å²) in [5.41, 5.74) is 0. The zero-order chi connectivity index (χ0) is 0. The van der Waals surface area contributed by atoms with Gasteiger partial charge >= 0.3 is 83.1 Å². The first kappa shape index (κ1) is 50.9. The number of hydrogen-bond acceptors (Lipinski definition) is 0. The minimum Gasteiger partial charge on any atom is -2.00 e. The fourth-order valence-electron chi connectivity index (χ4n) is 0. The molecule has 0 saturated carbocycles. The fourth-order valence-corrected chi connectivity index (χ4v) is 0. The van der Waals surface area contributed by atoms with Gasteiger partial charge in [-0.25, -0.2) is 0 Å². The Bertz CT molecular complexity index is 11.6. The van der Waals surface area contributed by atoms with Crippen LogP contribution in [0, 0.1) is 0 Å². The van der Waals surface area contributed by atoms with Gasteiger partial charge in [-0.3, -0.25) is 0 Å². The van der Waals surface area contributed by atoms with Crippen LogP contribution in [0.5, 0.6) is 0 Å². The number of rotatable bonds is 0. The molecule has 1 nitrogen and oxygen atoms in total. The smallest absolute Gasteiger partial charge is 2.00 e. The molecule has 0 fully saturated rings. The van der Waals surface area contributed by atoms with Gasteiger partial charge < -0.3 is 5.48 Å². The second-order valence-corrected chi connectivity index (χ2v) is 0. The number of hydrogen-bond donors (Lipinski definition) is 0. The maximum atomic E-state index is 0. The van der Waals surface area contributed by atoms with Crippen LogP contribution >= 0.6 is 0 Å². The minimum atomic E-state index is 0. The van der Waals surface area contributed by atoms with E-state index in [9.17, 15) is 0 Å². The van der Waals surface area contributed by atoms with E-state index in [-0.39, 0.29) is 88.6 Å². The molecule has 0 aromatic carbocycles. The fraction of sp³-hybridized carbons (Fsp3) is 0. The SMILES string of the molecule is [Al+3].[Ca+2].[Fe+2].[O-2].[Si+4]. The van der Waals surface area contributed by atoms with E-state index in [1.807, 2.05) is 0 Å². The molecule has 0 aliphatic heterocycles. The van der Waals surface area contributed by atoms with Crippen molar-refractivity contribution >= 4 is 66.1 Å². The Labute approximate surface area is 87.2 Å². The molecule has 0 amide bonds. The monoisotopic (exact) mass is 167 g/mol. The van der Waals surface area contributed by atoms with E-state index >= 15 is 0 Å². The maximum absolute atomic E-state index is 0. The van der Waals surface area contributed by atoms with Crippen LogP contribution in [0.4, 0.5) is 0 Å². The summed E-state index contributed by atoms with van der Waals surface area (Å²) in [4.78, 5) is 0. The van der Waals surface area contributed by atoms with Crippen LogP contribution < -0.4 is 0 Å². The van der Waals surface area contributed by atoms with Crippen molar-refractivity contribution in [3.05, 3.63) is 0 Å². The van der Waals surface area contributed by atoms with E-state index < -0.39 is 0 Å². The van der Waals surface area contributed by atoms with Crippen LogP contribution in [-0.4, -0.2) is 66.1 Å². The topological polar surface area (TPSA) is 28.5 Å². The van der Waals surface area contributed by atoms with Crippen LogP contribution in [0.2, 0.25) is 0 Å². The first-order valence-electron chi connectivity index (χ1n) is 0. The Morgan fingerprint density at radius 2 is 1.00 bits per heavy atom. The molecule has 0 N–H and O–H groups in total. The maximum Gasteiger partial charge on any atom is 4.00 e. The predicted octanol–water partition coefficient (Wildman–Crippen LogP) is -1.26. The molecule has 0 radical (unpaired) electrons. The van der Waals surface area contributed by atoms with E-state index in [1.54, 1.807) is 0 Å². The normalized spacial score (nSPS) is 0. The van der Waals surface area contributed by atoms with Gasteiger partial charge in [0.05, 0.1) is 0 Å². The Morgan fingerprint density at radius 3 is 1.00 bits per heavy atom. The predicted molar refractivity (Wildman–Crippen MR) is 17.9 cm³/mol. The molecule has 0 aliphatic rings. The van der Waals surface area contributed by atoms with Crippen LogP contribution in [0.3, 0.4) is 0 Å². The second-order valence-electron chi connectivity index (χ2n) is 0. The summed E-state index contributed by atoms with van der Waals surface area (Å²) in [5, 5.41) is 0. The van der Waals surface area contributed by atoms with Crippen LogP contribution in [-0.2, 0) is 22.5 Å². The third-order valence-electron chi connectivity index (χ3n) is 0. The third-order valence-corrected chi connectivity index (χ3v) is 0. The molecule has 0 aromatic rings. The largest absolute Gasteiger partial charge is 4.00 e. The van der Waals surface area contributed by atoms with Crippen molar-refractivity contribution in [2.75, 3.05) is 0 Å². The van der Waals surface area contributed by atoms with Crippen molar-refractivity contribution in [2.24, 2.45) is 0 Å². The second kappa shape index (κ2) is 31.6. The van der Waals surface area contributed by atoms with Crippen molar-refractivity contribution in [1.82, 2.24) is 0 Å². The standard InChI is InChI=1S/Al.Ca.Fe.O.Si/q+3;2*+2;-2;+4. The zero-order valence-electron chi connectivity index (χ0n) is 2.55. The van der Waals surface area contributed by atoms with Gasteiger partial charge in [-0.05, 0) is 0 Å². The van der Waals surface area contributed by atoms with Crippen molar-refractivity contribution < 1.29 is 22.5 Å². The van der Waals surface area contributed by atoms with Crippen LogP contribution in [0.15, 0.2) is 0 Å². The molecule has 0 aromatic heterocycles. The average Bonchev–Trinajstić information content (AvgIpc) is 0. The molecule has 5 heteroatoms. The molecular formula is AlCaFeOSi+9. The van der Waals surface area contributed by atoms with Gasteiger partial charge in [0.25, 0.3) is 0 Å². The Balaban J connectivity index is 0. The van der Waals surface area contributed by atoms with Gasteiger partial charge in [-0.1, -0.05) is 0 Å². The summed E-state index contributed by atoms with van der Waals surface area (Å²) in [6.45, 7) is 0. The molecule has 0 heterocycles. The molecule has 0 bridgehead atoms. The molecule has 5 heavy (non-hydrogen) atoms. The first-order valence-corrected chi connectivity index (χ1v) is 0. The van der Waals surface area contributed by atoms with Gasteiger partial charge in [0.2, 0.25) is 0 Å². The summed E-state index contributed by atoms with van der Waals surface area (Å²) < 4.78 is 0. The summed E-state index contributed by atoms with van der Waals surface area (Å²) in [6.07, 6.45) is 0. The van der Waals surface area contributed by atoms with Crippen LogP contribution in [0.1, 0.15) is 0 Å². The van der Waals surface area contributed by atoms with E-state index in [4.69, 9.17) is 0 Å². The first-order chi connectivity index (χ1) is 0. The van der Waals surface area contributed by atoms with E-state index in [1.165, 1.54) is 0 Å². The molecular weight excluding hydrogens is 167 g/mol. The molecule has 0 unspecified atom stereocenters. The van der Waals surface area contributed by atoms with Gasteiger partial charge in [0, 0.05) is 0 Å². The quantitative estimate of drug-likeness (QED) is 0.403. The van der Waals surface area contributed by atoms with Gasteiger partial charge in [-0.15, -0.1) is 0 Å². The molecule has 0 spiro atoms. The molecule has 0 rings (SSSR count). The Kier molecular flexibility index (Phi) is 321. The van der Waals surface area contributed by atoms with Gasteiger partial charge in [0.1, 0.15) is 0 Å². The average molecular weight is 167 g/mol.